The van der Waals surface area contributed by atoms with Crippen LogP contribution in [0.25, 0.3) is 0 Å². The van der Waals surface area contributed by atoms with E-state index < -0.39 is 23.8 Å². The molecule has 1 atom stereocenters. The Labute approximate surface area is 213 Å². The molecule has 1 unspecified atom stereocenters. The van der Waals surface area contributed by atoms with Gasteiger partial charge in [0.1, 0.15) is 5.82 Å². The van der Waals surface area contributed by atoms with Gasteiger partial charge in [-0.05, 0) is 61.9 Å². The second kappa shape index (κ2) is 10.3. The van der Waals surface area contributed by atoms with Crippen molar-refractivity contribution in [1.29, 1.82) is 0 Å². The fourth-order valence-corrected chi connectivity index (χ4v) is 4.26. The maximum Gasteiger partial charge on any atom is 0.326 e. The van der Waals surface area contributed by atoms with Gasteiger partial charge in [0.15, 0.2) is 11.5 Å². The molecule has 3 aromatic carbocycles. The number of hydrogen-bond donors (Lipinski definition) is 2. The normalized spacial score (nSPS) is 15.4. The second-order valence-electron chi connectivity index (χ2n) is 8.25. The highest BCUT2D eigenvalue weighted by atomic mass is 35.5. The quantitative estimate of drug-likeness (QED) is 0.428. The number of nitrogens with zero attached hydrogens (tertiary/aromatic N) is 1. The number of anilines is 2. The molecule has 2 N–H and O–H groups in total. The molecule has 3 aromatic rings. The van der Waals surface area contributed by atoms with Crippen LogP contribution in [0.15, 0.2) is 71.9 Å². The molecule has 4 rings (SSSR count). The van der Waals surface area contributed by atoms with Gasteiger partial charge < -0.3 is 20.1 Å². The van der Waals surface area contributed by atoms with Crippen molar-refractivity contribution in [1.82, 2.24) is 5.32 Å². The van der Waals surface area contributed by atoms with Crippen LogP contribution in [0.4, 0.5) is 20.6 Å². The van der Waals surface area contributed by atoms with E-state index in [4.69, 9.17) is 21.1 Å². The number of amides is 3. The Morgan fingerprint density at radius 2 is 1.69 bits per heavy atom. The van der Waals surface area contributed by atoms with Crippen molar-refractivity contribution in [3.8, 4) is 11.5 Å². The topological polar surface area (TPSA) is 79.9 Å². The number of aryl methyl sites for hydroxylation is 1. The lowest BCUT2D eigenvalue weighted by Gasteiger charge is -2.36. The van der Waals surface area contributed by atoms with Crippen LogP contribution in [-0.4, -0.2) is 26.2 Å². The Bertz CT molecular complexity index is 1360. The van der Waals surface area contributed by atoms with E-state index in [0.717, 1.165) is 5.56 Å². The Morgan fingerprint density at radius 3 is 2.33 bits per heavy atom. The molecule has 36 heavy (non-hydrogen) atoms. The summed E-state index contributed by atoms with van der Waals surface area (Å²) in [6.45, 7) is 3.61. The van der Waals surface area contributed by atoms with Gasteiger partial charge in [0.05, 0.1) is 36.5 Å². The van der Waals surface area contributed by atoms with E-state index in [2.05, 4.69) is 10.6 Å². The lowest BCUT2D eigenvalue weighted by molar-refractivity contribution is -0.113. The zero-order chi connectivity index (χ0) is 26.0. The summed E-state index contributed by atoms with van der Waals surface area (Å²) in [5.74, 6) is -0.0559. The summed E-state index contributed by atoms with van der Waals surface area (Å²) in [7, 11) is 3.03. The largest absolute Gasteiger partial charge is 0.493 e. The monoisotopic (exact) mass is 509 g/mol. The first-order valence-corrected chi connectivity index (χ1v) is 11.5. The third-order valence-electron chi connectivity index (χ3n) is 5.94. The molecule has 3 amide bonds. The van der Waals surface area contributed by atoms with Crippen LogP contribution < -0.4 is 25.0 Å². The van der Waals surface area contributed by atoms with Gasteiger partial charge in [-0.25, -0.2) is 9.18 Å². The molecule has 0 bridgehead atoms. The highest BCUT2D eigenvalue weighted by Crippen LogP contribution is 2.38. The zero-order valence-electron chi connectivity index (χ0n) is 20.2. The predicted molar refractivity (Wildman–Crippen MR) is 137 cm³/mol. The lowest BCUT2D eigenvalue weighted by Crippen LogP contribution is -2.48. The van der Waals surface area contributed by atoms with E-state index in [-0.39, 0.29) is 5.02 Å². The van der Waals surface area contributed by atoms with E-state index in [0.29, 0.717) is 39.7 Å². The molecular formula is C27H25ClFN3O4. The molecule has 9 heteroatoms. The van der Waals surface area contributed by atoms with E-state index in [9.17, 15) is 14.0 Å². The zero-order valence-corrected chi connectivity index (χ0v) is 20.9. The van der Waals surface area contributed by atoms with Crippen molar-refractivity contribution in [2.45, 2.75) is 19.9 Å². The van der Waals surface area contributed by atoms with Crippen LogP contribution in [0.2, 0.25) is 5.02 Å². The molecular weight excluding hydrogens is 485 g/mol. The lowest BCUT2D eigenvalue weighted by atomic mass is 9.93. The standard InChI is InChI=1S/C27H25ClFN3O4/c1-15-5-8-18(9-6-15)30-26(33)24-16(2)32(19-10-11-21(29)20(28)14-19)27(34)31-25(24)17-7-12-22(35-3)23(13-17)36-4/h5-14,25H,1-4H3,(H,30,33)(H,31,34). The number of urea groups is 1. The van der Waals surface area contributed by atoms with Crippen LogP contribution in [0.5, 0.6) is 11.5 Å². The van der Waals surface area contributed by atoms with E-state index >= 15 is 0 Å². The summed E-state index contributed by atoms with van der Waals surface area (Å²) in [4.78, 5) is 28.2. The maximum absolute atomic E-state index is 13.8. The van der Waals surface area contributed by atoms with Gasteiger partial charge in [-0.2, -0.15) is 0 Å². The number of rotatable bonds is 6. The highest BCUT2D eigenvalue weighted by Gasteiger charge is 2.37. The molecule has 0 fully saturated rings. The first kappa shape index (κ1) is 25.1. The molecule has 1 heterocycles. The van der Waals surface area contributed by atoms with Crippen LogP contribution >= 0.6 is 11.6 Å². The molecule has 0 spiro atoms. The smallest absolute Gasteiger partial charge is 0.326 e. The van der Waals surface area contributed by atoms with Gasteiger partial charge in [0.2, 0.25) is 0 Å². The summed E-state index contributed by atoms with van der Waals surface area (Å²) in [6.07, 6.45) is 0. The Kier molecular flexibility index (Phi) is 7.17. The first-order valence-electron chi connectivity index (χ1n) is 11.1. The number of benzene rings is 3. The van der Waals surface area contributed by atoms with Crippen molar-refractivity contribution in [2.75, 3.05) is 24.4 Å². The highest BCUT2D eigenvalue weighted by molar-refractivity contribution is 6.31. The third kappa shape index (κ3) is 4.85. The molecule has 0 saturated carbocycles. The molecule has 186 valence electrons. The third-order valence-corrected chi connectivity index (χ3v) is 6.23. The average Bonchev–Trinajstić information content (AvgIpc) is 2.86. The molecule has 0 aliphatic carbocycles. The Morgan fingerprint density at radius 1 is 1.00 bits per heavy atom. The predicted octanol–water partition coefficient (Wildman–Crippen LogP) is 5.99. The minimum Gasteiger partial charge on any atom is -0.493 e. The van der Waals surface area contributed by atoms with Crippen molar-refractivity contribution in [2.24, 2.45) is 0 Å². The molecule has 1 aliphatic rings. The second-order valence-corrected chi connectivity index (χ2v) is 8.66. The van der Waals surface area contributed by atoms with Crippen LogP contribution in [0.3, 0.4) is 0 Å². The number of ether oxygens (including phenoxy) is 2. The molecule has 0 aromatic heterocycles. The van der Waals surface area contributed by atoms with Crippen molar-refractivity contribution in [3.05, 3.63) is 93.9 Å². The fourth-order valence-electron chi connectivity index (χ4n) is 4.09. The molecule has 0 radical (unpaired) electrons. The minimum absolute atomic E-state index is 0.138. The summed E-state index contributed by atoms with van der Waals surface area (Å²) in [5, 5.41) is 5.67. The van der Waals surface area contributed by atoms with Gasteiger partial charge in [0.25, 0.3) is 5.91 Å². The molecule has 7 nitrogen and oxygen atoms in total. The Hall–Kier alpha value is -4.04. The summed E-state index contributed by atoms with van der Waals surface area (Å²) < 4.78 is 24.6. The van der Waals surface area contributed by atoms with E-state index in [1.165, 1.54) is 37.3 Å². The van der Waals surface area contributed by atoms with Gasteiger partial charge in [-0.3, -0.25) is 9.69 Å². The SMILES string of the molecule is COc1ccc(C2NC(=O)N(c3ccc(F)c(Cl)c3)C(C)=C2C(=O)Nc2ccc(C)cc2)cc1OC. The number of halogens is 2. The average molecular weight is 510 g/mol. The molecule has 0 saturated heterocycles. The van der Waals surface area contributed by atoms with Crippen molar-refractivity contribution < 1.29 is 23.5 Å². The van der Waals surface area contributed by atoms with E-state index in [1.54, 1.807) is 37.3 Å². The number of carbonyl (C=O) groups excluding carboxylic acids is 2. The summed E-state index contributed by atoms with van der Waals surface area (Å²) in [6, 6.07) is 15.2. The van der Waals surface area contributed by atoms with Crippen molar-refractivity contribution >= 4 is 34.9 Å². The summed E-state index contributed by atoms with van der Waals surface area (Å²) in [5.41, 5.74) is 3.25. The van der Waals surface area contributed by atoms with Gasteiger partial charge >= 0.3 is 6.03 Å². The van der Waals surface area contributed by atoms with E-state index in [1.807, 2.05) is 19.1 Å². The van der Waals surface area contributed by atoms with Crippen LogP contribution in [0, 0.1) is 12.7 Å². The molecule has 1 aliphatic heterocycles. The first-order chi connectivity index (χ1) is 17.2. The van der Waals surface area contributed by atoms with Gasteiger partial charge in [-0.1, -0.05) is 35.4 Å². The van der Waals surface area contributed by atoms with Crippen LogP contribution in [0.1, 0.15) is 24.1 Å². The number of allylic oxidation sites excluding steroid dienone is 1. The minimum atomic E-state index is -0.796. The van der Waals surface area contributed by atoms with Crippen LogP contribution in [-0.2, 0) is 4.79 Å². The fraction of sp³-hybridized carbons (Fsp3) is 0.185. The number of carbonyl (C=O) groups is 2. The van der Waals surface area contributed by atoms with Gasteiger partial charge in [0, 0.05) is 11.4 Å². The maximum atomic E-state index is 13.8. The number of methoxy groups -OCH3 is 2. The number of nitrogens with one attached hydrogen (secondary N) is 2. The van der Waals surface area contributed by atoms with Gasteiger partial charge in [-0.15, -0.1) is 0 Å². The summed E-state index contributed by atoms with van der Waals surface area (Å²) >= 11 is 5.98. The number of hydrogen-bond acceptors (Lipinski definition) is 4. The van der Waals surface area contributed by atoms with Crippen molar-refractivity contribution in [3.63, 3.8) is 0 Å². The Balaban J connectivity index is 1.83.